The van der Waals surface area contributed by atoms with Crippen molar-refractivity contribution in [3.05, 3.63) is 22.8 Å². The standard InChI is InChI=1S/C28H41NO2/c1-16-5-7-20-17(2)28(31-25(20)13-16)12-9-21-22-8-6-19-15-29-26(30)10-11-27(19,4)24(22)14-23(21)18(28)3/h7,16-17,19,21-22,24-25H,5-6,8-15H2,1-4H3,(H,29,30). The third kappa shape index (κ3) is 2.77. The van der Waals surface area contributed by atoms with Crippen LogP contribution in [0.2, 0.25) is 0 Å². The van der Waals surface area contributed by atoms with E-state index in [0.29, 0.717) is 23.4 Å². The molecule has 0 bridgehead atoms. The predicted octanol–water partition coefficient (Wildman–Crippen LogP) is 5.81. The van der Waals surface area contributed by atoms with Gasteiger partial charge >= 0.3 is 0 Å². The zero-order valence-electron chi connectivity index (χ0n) is 20.0. The largest absolute Gasteiger partial charge is 0.362 e. The maximum Gasteiger partial charge on any atom is 0.220 e. The molecule has 1 N–H and O–H groups in total. The van der Waals surface area contributed by atoms with Crippen LogP contribution in [0.3, 0.4) is 0 Å². The Morgan fingerprint density at radius 2 is 2.00 bits per heavy atom. The van der Waals surface area contributed by atoms with Crippen molar-refractivity contribution in [3.63, 3.8) is 0 Å². The summed E-state index contributed by atoms with van der Waals surface area (Å²) in [6, 6.07) is 0. The second-order valence-corrected chi connectivity index (χ2v) is 12.4. The van der Waals surface area contributed by atoms with Gasteiger partial charge in [-0.05, 0) is 104 Å². The number of allylic oxidation sites excluding steroid dienone is 2. The van der Waals surface area contributed by atoms with Crippen molar-refractivity contribution in [1.82, 2.24) is 5.32 Å². The normalized spacial score (nSPS) is 51.4. The van der Waals surface area contributed by atoms with Crippen LogP contribution in [0.25, 0.3) is 0 Å². The minimum Gasteiger partial charge on any atom is -0.362 e. The lowest BCUT2D eigenvalue weighted by atomic mass is 9.55. The summed E-state index contributed by atoms with van der Waals surface area (Å²) in [5, 5.41) is 3.22. The first-order valence-corrected chi connectivity index (χ1v) is 13.2. The van der Waals surface area contributed by atoms with Crippen molar-refractivity contribution in [3.8, 4) is 0 Å². The van der Waals surface area contributed by atoms with Gasteiger partial charge in [0.2, 0.25) is 5.91 Å². The number of carbonyl (C=O) groups is 1. The van der Waals surface area contributed by atoms with Crippen LogP contribution in [0.5, 0.6) is 0 Å². The highest BCUT2D eigenvalue weighted by Crippen LogP contribution is 2.65. The Morgan fingerprint density at radius 3 is 2.84 bits per heavy atom. The number of nitrogens with one attached hydrogen (secondary N) is 1. The Balaban J connectivity index is 1.35. The summed E-state index contributed by atoms with van der Waals surface area (Å²) in [4.78, 5) is 12.2. The molecule has 3 heteroatoms. The molecule has 6 aliphatic rings. The minimum absolute atomic E-state index is 0.0405. The van der Waals surface area contributed by atoms with Crippen molar-refractivity contribution in [2.45, 2.75) is 97.2 Å². The van der Waals surface area contributed by atoms with Crippen LogP contribution in [0.4, 0.5) is 0 Å². The van der Waals surface area contributed by atoms with Gasteiger partial charge in [0.25, 0.3) is 0 Å². The van der Waals surface area contributed by atoms with Crippen molar-refractivity contribution < 1.29 is 9.53 Å². The average Bonchev–Trinajstić information content (AvgIpc) is 3.21. The topological polar surface area (TPSA) is 38.3 Å². The van der Waals surface area contributed by atoms with Crippen LogP contribution in [0, 0.1) is 40.9 Å². The molecular formula is C28H41NO2. The van der Waals surface area contributed by atoms with Gasteiger partial charge in [0.1, 0.15) is 0 Å². The summed E-state index contributed by atoms with van der Waals surface area (Å²) in [5.41, 5.74) is 5.25. The Morgan fingerprint density at radius 1 is 1.16 bits per heavy atom. The number of ether oxygens (including phenoxy) is 1. The van der Waals surface area contributed by atoms with E-state index in [1.54, 1.807) is 16.7 Å². The number of hydrogen-bond acceptors (Lipinski definition) is 2. The van der Waals surface area contributed by atoms with Gasteiger partial charge in [0.15, 0.2) is 0 Å². The lowest BCUT2D eigenvalue weighted by Crippen LogP contribution is -2.45. The SMILES string of the molecule is CC1=C2CC3C(CCC4CNC(=O)CCC43C)C2CCC12OC1CC(C)CC=C1C2C. The van der Waals surface area contributed by atoms with Crippen LogP contribution in [0.1, 0.15) is 85.5 Å². The Labute approximate surface area is 188 Å². The second-order valence-electron chi connectivity index (χ2n) is 12.4. The highest BCUT2D eigenvalue weighted by atomic mass is 16.5. The van der Waals surface area contributed by atoms with Crippen LogP contribution >= 0.6 is 0 Å². The van der Waals surface area contributed by atoms with Crippen molar-refractivity contribution in [2.75, 3.05) is 6.54 Å². The van der Waals surface area contributed by atoms with Gasteiger partial charge in [0, 0.05) is 18.9 Å². The van der Waals surface area contributed by atoms with Gasteiger partial charge in [-0.1, -0.05) is 32.4 Å². The van der Waals surface area contributed by atoms with Gasteiger partial charge < -0.3 is 10.1 Å². The smallest absolute Gasteiger partial charge is 0.220 e. The van der Waals surface area contributed by atoms with Gasteiger partial charge in [0.05, 0.1) is 11.7 Å². The number of carbonyl (C=O) groups excluding carboxylic acids is 1. The molecule has 170 valence electrons. The lowest BCUT2D eigenvalue weighted by Gasteiger charge is -2.49. The van der Waals surface area contributed by atoms with E-state index in [-0.39, 0.29) is 11.5 Å². The zero-order chi connectivity index (χ0) is 21.5. The van der Waals surface area contributed by atoms with E-state index in [4.69, 9.17) is 4.74 Å². The molecule has 1 spiro atoms. The molecule has 0 aromatic rings. The third-order valence-corrected chi connectivity index (χ3v) is 11.2. The number of rotatable bonds is 0. The summed E-state index contributed by atoms with van der Waals surface area (Å²) in [7, 11) is 0. The monoisotopic (exact) mass is 423 g/mol. The first kappa shape index (κ1) is 20.5. The fourth-order valence-electron chi connectivity index (χ4n) is 9.26. The molecule has 1 amide bonds. The highest BCUT2D eigenvalue weighted by Gasteiger charge is 2.60. The molecule has 0 aromatic carbocycles. The van der Waals surface area contributed by atoms with E-state index in [0.717, 1.165) is 43.1 Å². The fraction of sp³-hybridized carbons (Fsp3) is 0.821. The molecule has 0 aromatic heterocycles. The summed E-state index contributed by atoms with van der Waals surface area (Å²) in [5.74, 6) is 4.56. The Bertz CT molecular complexity index is 857. The number of amides is 1. The molecule has 9 unspecified atom stereocenters. The van der Waals surface area contributed by atoms with Gasteiger partial charge in [-0.2, -0.15) is 0 Å². The highest BCUT2D eigenvalue weighted by molar-refractivity contribution is 5.76. The minimum atomic E-state index is -0.0405. The molecule has 3 nitrogen and oxygen atoms in total. The van der Waals surface area contributed by atoms with Gasteiger partial charge in [-0.25, -0.2) is 0 Å². The second kappa shape index (κ2) is 6.95. The molecule has 2 saturated heterocycles. The summed E-state index contributed by atoms with van der Waals surface area (Å²) < 4.78 is 7.04. The van der Waals surface area contributed by atoms with E-state index in [1.807, 2.05) is 0 Å². The van der Waals surface area contributed by atoms with E-state index in [1.165, 1.54) is 44.9 Å². The molecule has 31 heavy (non-hydrogen) atoms. The molecular weight excluding hydrogens is 382 g/mol. The van der Waals surface area contributed by atoms with Crippen LogP contribution in [0.15, 0.2) is 22.8 Å². The predicted molar refractivity (Wildman–Crippen MR) is 123 cm³/mol. The average molecular weight is 424 g/mol. The van der Waals surface area contributed by atoms with Crippen LogP contribution < -0.4 is 5.32 Å². The zero-order valence-corrected chi connectivity index (χ0v) is 20.0. The third-order valence-electron chi connectivity index (χ3n) is 11.2. The molecule has 9 atom stereocenters. The Hall–Kier alpha value is -1.09. The van der Waals surface area contributed by atoms with Crippen LogP contribution in [-0.2, 0) is 9.53 Å². The molecule has 4 fully saturated rings. The number of hydrogen-bond donors (Lipinski definition) is 1. The summed E-state index contributed by atoms with van der Waals surface area (Å²) in [6.45, 7) is 10.7. The Kier molecular flexibility index (Phi) is 4.60. The summed E-state index contributed by atoms with van der Waals surface area (Å²) in [6.07, 6.45) is 13.5. The van der Waals surface area contributed by atoms with Gasteiger partial charge in [-0.15, -0.1) is 0 Å². The van der Waals surface area contributed by atoms with Gasteiger partial charge in [-0.3, -0.25) is 4.79 Å². The fourth-order valence-corrected chi connectivity index (χ4v) is 9.26. The van der Waals surface area contributed by atoms with E-state index in [9.17, 15) is 4.79 Å². The molecule has 4 aliphatic carbocycles. The van der Waals surface area contributed by atoms with Crippen molar-refractivity contribution in [1.29, 1.82) is 0 Å². The molecule has 2 heterocycles. The maximum absolute atomic E-state index is 12.2. The first-order valence-electron chi connectivity index (χ1n) is 13.2. The first-order chi connectivity index (χ1) is 14.8. The molecule has 2 saturated carbocycles. The van der Waals surface area contributed by atoms with Crippen LogP contribution in [-0.4, -0.2) is 24.2 Å². The number of fused-ring (bicyclic) bond motifs is 6. The molecule has 6 rings (SSSR count). The maximum atomic E-state index is 12.2. The van der Waals surface area contributed by atoms with E-state index in [2.05, 4.69) is 39.1 Å². The molecule has 0 radical (unpaired) electrons. The molecule has 2 aliphatic heterocycles. The van der Waals surface area contributed by atoms with Crippen molar-refractivity contribution in [2.24, 2.45) is 40.9 Å². The summed E-state index contributed by atoms with van der Waals surface area (Å²) >= 11 is 0. The lowest BCUT2D eigenvalue weighted by molar-refractivity contribution is -0.121. The van der Waals surface area contributed by atoms with E-state index >= 15 is 0 Å². The van der Waals surface area contributed by atoms with Crippen molar-refractivity contribution >= 4 is 5.91 Å². The quantitative estimate of drug-likeness (QED) is 0.500. The van der Waals surface area contributed by atoms with E-state index < -0.39 is 0 Å².